The van der Waals surface area contributed by atoms with Crippen molar-refractivity contribution in [2.45, 2.75) is 51.1 Å². The number of sulfonamides is 1. The molecule has 1 aliphatic carbocycles. The normalized spacial score (nSPS) is 16.4. The summed E-state index contributed by atoms with van der Waals surface area (Å²) in [5, 5.41) is 3.41. The Bertz CT molecular complexity index is 540. The highest BCUT2D eigenvalue weighted by molar-refractivity contribution is 7.89. The molecule has 0 atom stereocenters. The minimum absolute atomic E-state index is 0.0683. The average Bonchev–Trinajstić information content (AvgIpc) is 3.18. The summed E-state index contributed by atoms with van der Waals surface area (Å²) in [5.74, 6) is 0. The second kappa shape index (κ2) is 5.84. The second-order valence-corrected chi connectivity index (χ2v) is 8.45. The fourth-order valence-electron chi connectivity index (χ4n) is 1.73. The summed E-state index contributed by atoms with van der Waals surface area (Å²) in [6.07, 6.45) is 2.51. The van der Waals surface area contributed by atoms with Crippen LogP contribution in [-0.2, 0) is 16.6 Å². The van der Waals surface area contributed by atoms with Gasteiger partial charge in [0, 0.05) is 19.1 Å². The number of benzene rings is 1. The molecule has 112 valence electrons. The van der Waals surface area contributed by atoms with E-state index in [-0.39, 0.29) is 5.41 Å². The summed E-state index contributed by atoms with van der Waals surface area (Å²) < 4.78 is 26.9. The van der Waals surface area contributed by atoms with Gasteiger partial charge in [-0.25, -0.2) is 13.1 Å². The Morgan fingerprint density at radius 3 is 2.25 bits per heavy atom. The van der Waals surface area contributed by atoms with Crippen LogP contribution >= 0.6 is 0 Å². The molecule has 0 heterocycles. The van der Waals surface area contributed by atoms with Crippen molar-refractivity contribution in [1.82, 2.24) is 10.0 Å². The Balaban J connectivity index is 1.96. The third kappa shape index (κ3) is 4.89. The van der Waals surface area contributed by atoms with Crippen molar-refractivity contribution in [3.63, 3.8) is 0 Å². The van der Waals surface area contributed by atoms with E-state index >= 15 is 0 Å². The van der Waals surface area contributed by atoms with Crippen molar-refractivity contribution >= 4 is 10.0 Å². The van der Waals surface area contributed by atoms with Gasteiger partial charge in [0.05, 0.1) is 4.90 Å². The lowest BCUT2D eigenvalue weighted by molar-refractivity contribution is 0.407. The first-order chi connectivity index (χ1) is 9.26. The summed E-state index contributed by atoms with van der Waals surface area (Å²) in [7, 11) is -3.40. The van der Waals surface area contributed by atoms with Gasteiger partial charge in [0.25, 0.3) is 0 Å². The highest BCUT2D eigenvalue weighted by Gasteiger charge is 2.20. The molecule has 0 aromatic heterocycles. The quantitative estimate of drug-likeness (QED) is 0.846. The van der Waals surface area contributed by atoms with Gasteiger partial charge < -0.3 is 5.32 Å². The van der Waals surface area contributed by atoms with E-state index in [1.807, 2.05) is 32.9 Å². The molecule has 4 nitrogen and oxygen atoms in total. The van der Waals surface area contributed by atoms with E-state index < -0.39 is 10.0 Å². The lowest BCUT2D eigenvalue weighted by Crippen LogP contribution is -2.32. The second-order valence-electron chi connectivity index (χ2n) is 6.68. The molecule has 1 saturated carbocycles. The Morgan fingerprint density at radius 2 is 1.75 bits per heavy atom. The molecule has 0 amide bonds. The molecular formula is C15H24N2O2S. The Hall–Kier alpha value is -0.910. The molecule has 0 aliphatic heterocycles. The maximum absolute atomic E-state index is 12.1. The molecule has 1 fully saturated rings. The molecule has 1 aromatic rings. The van der Waals surface area contributed by atoms with E-state index in [1.165, 1.54) is 12.8 Å². The number of hydrogen-bond acceptors (Lipinski definition) is 3. The third-order valence-electron chi connectivity index (χ3n) is 3.20. The van der Waals surface area contributed by atoms with Crippen molar-refractivity contribution in [2.75, 3.05) is 6.54 Å². The van der Waals surface area contributed by atoms with Crippen LogP contribution in [0.4, 0.5) is 0 Å². The summed E-state index contributed by atoms with van der Waals surface area (Å²) in [5.41, 5.74) is 1.05. The van der Waals surface area contributed by atoms with Gasteiger partial charge in [0.15, 0.2) is 0 Å². The zero-order valence-electron chi connectivity index (χ0n) is 12.4. The topological polar surface area (TPSA) is 58.2 Å². The minimum atomic E-state index is -3.40. The van der Waals surface area contributed by atoms with E-state index in [0.717, 1.165) is 12.1 Å². The molecule has 0 spiro atoms. The average molecular weight is 296 g/mol. The number of nitrogens with one attached hydrogen (secondary N) is 2. The first-order valence-corrected chi connectivity index (χ1v) is 8.57. The summed E-state index contributed by atoms with van der Waals surface area (Å²) in [6, 6.07) is 7.76. The molecule has 2 rings (SSSR count). The zero-order valence-corrected chi connectivity index (χ0v) is 13.3. The van der Waals surface area contributed by atoms with Gasteiger partial charge in [0.1, 0.15) is 0 Å². The summed E-state index contributed by atoms with van der Waals surface area (Å²) in [6.45, 7) is 7.24. The fraction of sp³-hybridized carbons (Fsp3) is 0.600. The molecular weight excluding hydrogens is 272 g/mol. The van der Waals surface area contributed by atoms with Crippen molar-refractivity contribution in [2.24, 2.45) is 5.41 Å². The predicted molar refractivity (Wildman–Crippen MR) is 80.9 cm³/mol. The van der Waals surface area contributed by atoms with E-state index in [2.05, 4.69) is 10.0 Å². The standard InChI is InChI=1S/C15H24N2O2S/c1-15(2,3)11-17-20(18,19)14-8-4-12(5-9-14)10-16-13-6-7-13/h4-5,8-9,13,16-17H,6-7,10-11H2,1-3H3. The highest BCUT2D eigenvalue weighted by atomic mass is 32.2. The lowest BCUT2D eigenvalue weighted by atomic mass is 9.98. The molecule has 0 bridgehead atoms. The SMILES string of the molecule is CC(C)(C)CNS(=O)(=O)c1ccc(CNC2CC2)cc1. The zero-order chi connectivity index (χ0) is 14.8. The van der Waals surface area contributed by atoms with Crippen LogP contribution in [0.2, 0.25) is 0 Å². The highest BCUT2D eigenvalue weighted by Crippen LogP contribution is 2.20. The van der Waals surface area contributed by atoms with E-state index in [9.17, 15) is 8.42 Å². The van der Waals surface area contributed by atoms with Crippen LogP contribution in [0.1, 0.15) is 39.2 Å². The van der Waals surface area contributed by atoms with Gasteiger partial charge in [-0.1, -0.05) is 32.9 Å². The van der Waals surface area contributed by atoms with Crippen LogP contribution in [0.3, 0.4) is 0 Å². The molecule has 20 heavy (non-hydrogen) atoms. The van der Waals surface area contributed by atoms with Crippen LogP contribution < -0.4 is 10.0 Å². The van der Waals surface area contributed by atoms with Crippen LogP contribution in [0.25, 0.3) is 0 Å². The molecule has 2 N–H and O–H groups in total. The Labute approximate surface area is 122 Å². The van der Waals surface area contributed by atoms with Gasteiger partial charge in [-0.05, 0) is 36.0 Å². The van der Waals surface area contributed by atoms with Gasteiger partial charge in [0.2, 0.25) is 10.0 Å². The Morgan fingerprint density at radius 1 is 1.15 bits per heavy atom. The maximum Gasteiger partial charge on any atom is 0.240 e. The predicted octanol–water partition coefficient (Wildman–Crippen LogP) is 2.26. The minimum Gasteiger partial charge on any atom is -0.310 e. The van der Waals surface area contributed by atoms with Crippen LogP contribution in [0.15, 0.2) is 29.2 Å². The smallest absolute Gasteiger partial charge is 0.240 e. The van der Waals surface area contributed by atoms with Crippen molar-refractivity contribution < 1.29 is 8.42 Å². The summed E-state index contributed by atoms with van der Waals surface area (Å²) >= 11 is 0. The van der Waals surface area contributed by atoms with E-state index in [4.69, 9.17) is 0 Å². The van der Waals surface area contributed by atoms with Gasteiger partial charge in [-0.2, -0.15) is 0 Å². The largest absolute Gasteiger partial charge is 0.310 e. The third-order valence-corrected chi connectivity index (χ3v) is 4.62. The first kappa shape index (κ1) is 15.5. The van der Waals surface area contributed by atoms with Gasteiger partial charge in [-0.15, -0.1) is 0 Å². The number of hydrogen-bond donors (Lipinski definition) is 2. The fourth-order valence-corrected chi connectivity index (χ4v) is 3.02. The van der Waals surface area contributed by atoms with Gasteiger partial charge in [-0.3, -0.25) is 0 Å². The van der Waals surface area contributed by atoms with Crippen molar-refractivity contribution in [3.05, 3.63) is 29.8 Å². The van der Waals surface area contributed by atoms with Crippen LogP contribution in [0, 0.1) is 5.41 Å². The van der Waals surface area contributed by atoms with Crippen molar-refractivity contribution in [3.8, 4) is 0 Å². The molecule has 5 heteroatoms. The first-order valence-electron chi connectivity index (χ1n) is 7.08. The Kier molecular flexibility index (Phi) is 4.52. The van der Waals surface area contributed by atoms with Gasteiger partial charge >= 0.3 is 0 Å². The summed E-state index contributed by atoms with van der Waals surface area (Å²) in [4.78, 5) is 0.330. The van der Waals surface area contributed by atoms with E-state index in [1.54, 1.807) is 12.1 Å². The molecule has 0 saturated heterocycles. The maximum atomic E-state index is 12.1. The number of rotatable bonds is 6. The van der Waals surface area contributed by atoms with Crippen LogP contribution in [0.5, 0.6) is 0 Å². The monoisotopic (exact) mass is 296 g/mol. The molecule has 1 aliphatic rings. The van der Waals surface area contributed by atoms with Crippen LogP contribution in [-0.4, -0.2) is 21.0 Å². The lowest BCUT2D eigenvalue weighted by Gasteiger charge is -2.18. The molecule has 1 aromatic carbocycles. The molecule has 0 radical (unpaired) electrons. The molecule has 0 unspecified atom stereocenters. The van der Waals surface area contributed by atoms with Crippen molar-refractivity contribution in [1.29, 1.82) is 0 Å². The van der Waals surface area contributed by atoms with E-state index in [0.29, 0.717) is 17.5 Å².